The van der Waals surface area contributed by atoms with Gasteiger partial charge < -0.3 is 10.7 Å². The SMILES string of the molecule is NC(=O)c1nc(-c2cccc(F)c2F)nc2c1[nH]c(=O)n2-c1ccc(F)cc1. The van der Waals surface area contributed by atoms with Gasteiger partial charge in [-0.25, -0.2) is 32.5 Å². The molecule has 0 saturated carbocycles. The van der Waals surface area contributed by atoms with E-state index in [0.717, 1.165) is 22.8 Å². The second-order valence-corrected chi connectivity index (χ2v) is 5.80. The topological polar surface area (TPSA) is 107 Å². The minimum Gasteiger partial charge on any atom is -0.364 e. The highest BCUT2D eigenvalue weighted by Gasteiger charge is 2.22. The minimum absolute atomic E-state index is 0.0811. The predicted molar refractivity (Wildman–Crippen MR) is 93.3 cm³/mol. The summed E-state index contributed by atoms with van der Waals surface area (Å²) in [5.74, 6) is -4.21. The van der Waals surface area contributed by atoms with E-state index in [9.17, 15) is 22.8 Å². The lowest BCUT2D eigenvalue weighted by Gasteiger charge is -2.07. The van der Waals surface area contributed by atoms with Gasteiger partial charge in [-0.1, -0.05) is 6.07 Å². The summed E-state index contributed by atoms with van der Waals surface area (Å²) in [6, 6.07) is 8.27. The molecule has 0 aliphatic rings. The van der Waals surface area contributed by atoms with Crippen molar-refractivity contribution in [2.45, 2.75) is 0 Å². The van der Waals surface area contributed by atoms with Crippen molar-refractivity contribution in [1.82, 2.24) is 19.5 Å². The van der Waals surface area contributed by atoms with Gasteiger partial charge in [-0.05, 0) is 36.4 Å². The molecule has 2 aromatic carbocycles. The summed E-state index contributed by atoms with van der Waals surface area (Å²) in [4.78, 5) is 34.7. The third-order valence-electron chi connectivity index (χ3n) is 4.05. The van der Waals surface area contributed by atoms with Gasteiger partial charge in [0.2, 0.25) is 0 Å². The zero-order valence-electron chi connectivity index (χ0n) is 13.9. The molecule has 7 nitrogen and oxygen atoms in total. The number of benzene rings is 2. The summed E-state index contributed by atoms with van der Waals surface area (Å²) in [6.07, 6.45) is 0. The lowest BCUT2D eigenvalue weighted by atomic mass is 10.2. The van der Waals surface area contributed by atoms with Gasteiger partial charge in [0, 0.05) is 0 Å². The minimum atomic E-state index is -1.22. The first-order valence-corrected chi connectivity index (χ1v) is 7.89. The number of nitrogens with one attached hydrogen (secondary N) is 1. The number of amides is 1. The van der Waals surface area contributed by atoms with E-state index >= 15 is 0 Å². The van der Waals surface area contributed by atoms with Crippen molar-refractivity contribution >= 4 is 17.1 Å². The zero-order chi connectivity index (χ0) is 20.0. The van der Waals surface area contributed by atoms with Crippen molar-refractivity contribution in [1.29, 1.82) is 0 Å². The average molecular weight is 385 g/mol. The number of nitrogens with two attached hydrogens (primary N) is 1. The molecule has 0 spiro atoms. The van der Waals surface area contributed by atoms with Gasteiger partial charge in [-0.2, -0.15) is 0 Å². The Hall–Kier alpha value is -3.95. The Morgan fingerprint density at radius 3 is 2.43 bits per heavy atom. The van der Waals surface area contributed by atoms with Crippen molar-refractivity contribution in [3.8, 4) is 17.1 Å². The number of hydrogen-bond donors (Lipinski definition) is 2. The summed E-state index contributed by atoms with van der Waals surface area (Å²) in [7, 11) is 0. The van der Waals surface area contributed by atoms with Crippen LogP contribution >= 0.6 is 0 Å². The lowest BCUT2D eigenvalue weighted by molar-refractivity contribution is 0.0997. The monoisotopic (exact) mass is 385 g/mol. The molecule has 10 heteroatoms. The molecule has 0 atom stereocenters. The van der Waals surface area contributed by atoms with E-state index in [4.69, 9.17) is 5.73 Å². The number of primary amides is 1. The zero-order valence-corrected chi connectivity index (χ0v) is 13.9. The molecule has 0 bridgehead atoms. The van der Waals surface area contributed by atoms with Crippen LogP contribution in [0.1, 0.15) is 10.5 Å². The fraction of sp³-hybridized carbons (Fsp3) is 0. The van der Waals surface area contributed by atoms with E-state index < -0.39 is 29.0 Å². The predicted octanol–water partition coefficient (Wildman–Crippen LogP) is 2.29. The van der Waals surface area contributed by atoms with Crippen LogP contribution in [0.4, 0.5) is 13.2 Å². The van der Waals surface area contributed by atoms with Gasteiger partial charge >= 0.3 is 5.69 Å². The molecule has 1 amide bonds. The van der Waals surface area contributed by atoms with Crippen LogP contribution < -0.4 is 11.4 Å². The number of aromatic amines is 1. The van der Waals surface area contributed by atoms with Gasteiger partial charge in [0.05, 0.1) is 11.3 Å². The van der Waals surface area contributed by atoms with Crippen LogP contribution in [0.2, 0.25) is 0 Å². The first-order chi connectivity index (χ1) is 13.4. The molecule has 4 rings (SSSR count). The van der Waals surface area contributed by atoms with Crippen LogP contribution in [0.15, 0.2) is 47.3 Å². The number of nitrogens with zero attached hydrogens (tertiary/aromatic N) is 3. The molecule has 4 aromatic rings. The molecule has 2 aromatic heterocycles. The Bertz CT molecular complexity index is 1300. The summed E-state index contributed by atoms with van der Waals surface area (Å²) >= 11 is 0. The third kappa shape index (κ3) is 2.71. The van der Waals surface area contributed by atoms with Crippen molar-refractivity contribution in [3.63, 3.8) is 0 Å². The summed E-state index contributed by atoms with van der Waals surface area (Å²) in [5, 5.41) is 0. The van der Waals surface area contributed by atoms with Crippen molar-refractivity contribution in [2.24, 2.45) is 5.73 Å². The van der Waals surface area contributed by atoms with Crippen molar-refractivity contribution < 1.29 is 18.0 Å². The van der Waals surface area contributed by atoms with Gasteiger partial charge in [0.25, 0.3) is 5.91 Å². The third-order valence-corrected chi connectivity index (χ3v) is 4.05. The van der Waals surface area contributed by atoms with Crippen LogP contribution in [-0.2, 0) is 0 Å². The molecule has 2 heterocycles. The highest BCUT2D eigenvalue weighted by Crippen LogP contribution is 2.25. The molecular weight excluding hydrogens is 375 g/mol. The molecule has 28 heavy (non-hydrogen) atoms. The summed E-state index contributed by atoms with van der Waals surface area (Å²) in [6.45, 7) is 0. The first kappa shape index (κ1) is 17.5. The molecule has 0 saturated heterocycles. The Labute approximate surface area is 154 Å². The molecule has 3 N–H and O–H groups in total. The average Bonchev–Trinajstić information content (AvgIpc) is 2.99. The van der Waals surface area contributed by atoms with Crippen LogP contribution in [0.25, 0.3) is 28.2 Å². The Balaban J connectivity index is 2.08. The molecule has 0 radical (unpaired) electrons. The number of halogens is 3. The number of H-pyrrole nitrogens is 1. The number of imidazole rings is 1. The van der Waals surface area contributed by atoms with Crippen LogP contribution in [0, 0.1) is 17.5 Å². The quantitative estimate of drug-likeness (QED) is 0.564. The second kappa shape index (κ2) is 6.34. The Morgan fingerprint density at radius 1 is 1.04 bits per heavy atom. The van der Waals surface area contributed by atoms with Gasteiger partial charge in [-0.3, -0.25) is 4.79 Å². The fourth-order valence-electron chi connectivity index (χ4n) is 2.79. The van der Waals surface area contributed by atoms with Gasteiger partial charge in [0.1, 0.15) is 11.3 Å². The van der Waals surface area contributed by atoms with E-state index in [1.807, 2.05) is 0 Å². The molecule has 0 aliphatic carbocycles. The maximum absolute atomic E-state index is 14.2. The normalized spacial score (nSPS) is 11.1. The molecule has 0 aliphatic heterocycles. The number of aromatic nitrogens is 4. The molecular formula is C18H10F3N5O2. The van der Waals surface area contributed by atoms with Crippen LogP contribution in [-0.4, -0.2) is 25.4 Å². The molecule has 0 fully saturated rings. The van der Waals surface area contributed by atoms with Crippen molar-refractivity contribution in [3.05, 3.63) is 76.1 Å². The van der Waals surface area contributed by atoms with E-state index in [-0.39, 0.29) is 33.9 Å². The lowest BCUT2D eigenvalue weighted by Crippen LogP contribution is -2.15. The number of hydrogen-bond acceptors (Lipinski definition) is 4. The summed E-state index contributed by atoms with van der Waals surface area (Å²) < 4.78 is 42.1. The van der Waals surface area contributed by atoms with E-state index in [1.165, 1.54) is 24.3 Å². The molecule has 0 unspecified atom stereocenters. The number of fused-ring (bicyclic) bond motifs is 1. The largest absolute Gasteiger partial charge is 0.364 e. The van der Waals surface area contributed by atoms with Gasteiger partial charge in [-0.15, -0.1) is 0 Å². The van der Waals surface area contributed by atoms with Crippen molar-refractivity contribution in [2.75, 3.05) is 0 Å². The summed E-state index contributed by atoms with van der Waals surface area (Å²) in [5.41, 5.74) is 4.00. The first-order valence-electron chi connectivity index (χ1n) is 7.89. The van der Waals surface area contributed by atoms with E-state index in [1.54, 1.807) is 0 Å². The van der Waals surface area contributed by atoms with Crippen LogP contribution in [0.5, 0.6) is 0 Å². The second-order valence-electron chi connectivity index (χ2n) is 5.80. The fourth-order valence-corrected chi connectivity index (χ4v) is 2.79. The maximum Gasteiger partial charge on any atom is 0.332 e. The van der Waals surface area contributed by atoms with E-state index in [2.05, 4.69) is 15.0 Å². The van der Waals surface area contributed by atoms with Crippen LogP contribution in [0.3, 0.4) is 0 Å². The Kier molecular flexibility index (Phi) is 3.95. The smallest absolute Gasteiger partial charge is 0.332 e. The number of carbonyl (C=O) groups excluding carboxylic acids is 1. The Morgan fingerprint density at radius 2 is 1.75 bits per heavy atom. The maximum atomic E-state index is 14.2. The number of carbonyl (C=O) groups is 1. The standard InChI is InChI=1S/C18H10F3N5O2/c19-8-4-6-9(7-5-8)26-17-14(24-18(26)28)13(15(22)27)23-16(25-17)10-2-1-3-11(20)12(10)21/h1-7H,(H2,22,27)(H,24,28). The van der Waals surface area contributed by atoms with E-state index in [0.29, 0.717) is 0 Å². The molecule has 140 valence electrons. The van der Waals surface area contributed by atoms with Gasteiger partial charge in [0.15, 0.2) is 28.8 Å². The number of rotatable bonds is 3. The highest BCUT2D eigenvalue weighted by molar-refractivity contribution is 6.02. The highest BCUT2D eigenvalue weighted by atomic mass is 19.2.